The van der Waals surface area contributed by atoms with Gasteiger partial charge in [0.15, 0.2) is 0 Å². The van der Waals surface area contributed by atoms with Crippen LogP contribution in [0.2, 0.25) is 10.0 Å². The van der Waals surface area contributed by atoms with E-state index in [1.165, 1.54) is 12.1 Å². The van der Waals surface area contributed by atoms with E-state index in [-0.39, 0.29) is 22.9 Å². The average molecular weight is 455 g/mol. The lowest BCUT2D eigenvalue weighted by atomic mass is 10.2. The molecule has 0 fully saturated rings. The monoisotopic (exact) mass is 454 g/mol. The van der Waals surface area contributed by atoms with Gasteiger partial charge in [0, 0.05) is 27.8 Å². The van der Waals surface area contributed by atoms with Crippen LogP contribution in [-0.2, 0) is 4.79 Å². The smallest absolute Gasteiger partial charge is 0.272 e. The number of hydrogen-bond acceptors (Lipinski definition) is 4. The molecule has 0 aromatic heterocycles. The minimum absolute atomic E-state index is 0.0264. The van der Waals surface area contributed by atoms with Gasteiger partial charge in [0.1, 0.15) is 0 Å². The molecule has 6 nitrogen and oxygen atoms in total. The van der Waals surface area contributed by atoms with E-state index >= 15 is 0 Å². The molecule has 0 aliphatic heterocycles. The molecule has 0 saturated carbocycles. The van der Waals surface area contributed by atoms with Gasteiger partial charge in [-0.3, -0.25) is 9.59 Å². The van der Waals surface area contributed by atoms with Crippen molar-refractivity contribution in [1.82, 2.24) is 5.43 Å². The molecule has 3 aromatic rings. The van der Waals surface area contributed by atoms with E-state index < -0.39 is 5.91 Å². The highest BCUT2D eigenvalue weighted by atomic mass is 35.5. The molecule has 3 N–H and O–H groups in total. The zero-order valence-corrected chi connectivity index (χ0v) is 18.2. The molecule has 31 heavy (non-hydrogen) atoms. The predicted octanol–water partition coefficient (Wildman–Crippen LogP) is 5.87. The molecule has 0 spiro atoms. The van der Waals surface area contributed by atoms with Gasteiger partial charge >= 0.3 is 0 Å². The maximum atomic E-state index is 12.2. The summed E-state index contributed by atoms with van der Waals surface area (Å²) in [4.78, 5) is 24.4. The third kappa shape index (κ3) is 6.84. The molecule has 3 rings (SSSR count). The second-order valence-electron chi connectivity index (χ2n) is 6.71. The summed E-state index contributed by atoms with van der Waals surface area (Å²) in [6.07, 6.45) is 0.0264. The van der Waals surface area contributed by atoms with Crippen molar-refractivity contribution >= 4 is 57.8 Å². The van der Waals surface area contributed by atoms with Gasteiger partial charge in [0.2, 0.25) is 5.91 Å². The van der Waals surface area contributed by atoms with Gasteiger partial charge in [-0.05, 0) is 61.5 Å². The molecule has 0 heterocycles. The predicted molar refractivity (Wildman–Crippen MR) is 126 cm³/mol. The van der Waals surface area contributed by atoms with Gasteiger partial charge in [-0.2, -0.15) is 5.10 Å². The Morgan fingerprint density at radius 2 is 1.52 bits per heavy atom. The quantitative estimate of drug-likeness (QED) is 0.308. The van der Waals surface area contributed by atoms with Gasteiger partial charge in [-0.15, -0.1) is 0 Å². The summed E-state index contributed by atoms with van der Waals surface area (Å²) < 4.78 is 0. The molecule has 0 aliphatic rings. The molecule has 8 heteroatoms. The standard InChI is InChI=1S/C23H20Cl2N4O2/c1-15(28-29-23(31)20-12-7-16(24)14-21(20)25)13-22(30)27-19-10-8-18(9-11-19)26-17-5-3-2-4-6-17/h2-12,14,26H,13H2,1H3,(H,27,30)(H,29,31)/b28-15+. The number of carbonyl (C=O) groups is 2. The Morgan fingerprint density at radius 1 is 0.871 bits per heavy atom. The fourth-order valence-corrected chi connectivity index (χ4v) is 3.18. The number of rotatable bonds is 7. The number of anilines is 3. The van der Waals surface area contributed by atoms with Crippen LogP contribution in [-0.4, -0.2) is 17.5 Å². The molecule has 158 valence electrons. The maximum Gasteiger partial charge on any atom is 0.272 e. The van der Waals surface area contributed by atoms with E-state index in [9.17, 15) is 9.59 Å². The molecular weight excluding hydrogens is 435 g/mol. The summed E-state index contributed by atoms with van der Waals surface area (Å²) in [7, 11) is 0. The summed E-state index contributed by atoms with van der Waals surface area (Å²) >= 11 is 11.8. The fraction of sp³-hybridized carbons (Fsp3) is 0.0870. The average Bonchev–Trinajstić information content (AvgIpc) is 2.74. The molecule has 0 saturated heterocycles. The molecule has 3 aromatic carbocycles. The van der Waals surface area contributed by atoms with Crippen molar-refractivity contribution in [2.75, 3.05) is 10.6 Å². The summed E-state index contributed by atoms with van der Waals surface area (Å²) in [5.74, 6) is -0.730. The van der Waals surface area contributed by atoms with Crippen molar-refractivity contribution in [3.8, 4) is 0 Å². The fourth-order valence-electron chi connectivity index (χ4n) is 2.68. The minimum Gasteiger partial charge on any atom is -0.356 e. The largest absolute Gasteiger partial charge is 0.356 e. The van der Waals surface area contributed by atoms with Crippen LogP contribution in [0.1, 0.15) is 23.7 Å². The normalized spacial score (nSPS) is 11.0. The topological polar surface area (TPSA) is 82.6 Å². The molecular formula is C23H20Cl2N4O2. The minimum atomic E-state index is -0.483. The van der Waals surface area contributed by atoms with E-state index in [0.717, 1.165) is 11.4 Å². The number of halogens is 2. The molecule has 0 radical (unpaired) electrons. The first-order valence-corrected chi connectivity index (χ1v) is 10.2. The number of para-hydroxylation sites is 1. The lowest BCUT2D eigenvalue weighted by Gasteiger charge is -2.09. The number of carbonyl (C=O) groups excluding carboxylic acids is 2. The second-order valence-corrected chi connectivity index (χ2v) is 7.55. The molecule has 2 amide bonds. The molecule has 0 aliphatic carbocycles. The Morgan fingerprint density at radius 3 is 2.19 bits per heavy atom. The van der Waals surface area contributed by atoms with Crippen LogP contribution in [0.3, 0.4) is 0 Å². The Hall–Kier alpha value is -3.35. The van der Waals surface area contributed by atoms with Crippen molar-refractivity contribution < 1.29 is 9.59 Å². The van der Waals surface area contributed by atoms with Crippen molar-refractivity contribution in [3.63, 3.8) is 0 Å². The first kappa shape index (κ1) is 22.3. The number of hydrogen-bond donors (Lipinski definition) is 3. The summed E-state index contributed by atoms with van der Waals surface area (Å²) in [5.41, 5.74) is 5.63. The highest BCUT2D eigenvalue weighted by Gasteiger charge is 2.11. The Labute approximate surface area is 190 Å². The first-order valence-electron chi connectivity index (χ1n) is 9.41. The van der Waals surface area contributed by atoms with Crippen LogP contribution in [0.25, 0.3) is 0 Å². The molecule has 0 unspecified atom stereocenters. The number of nitrogens with zero attached hydrogens (tertiary/aromatic N) is 1. The van der Waals surface area contributed by atoms with Gasteiger partial charge in [0.05, 0.1) is 17.0 Å². The highest BCUT2D eigenvalue weighted by molar-refractivity contribution is 6.36. The summed E-state index contributed by atoms with van der Waals surface area (Å²) in [6, 6.07) is 21.7. The Bertz CT molecular complexity index is 1100. The second kappa shape index (κ2) is 10.6. The lowest BCUT2D eigenvalue weighted by Crippen LogP contribution is -2.21. The molecule has 0 atom stereocenters. The van der Waals surface area contributed by atoms with Crippen LogP contribution < -0.4 is 16.1 Å². The van der Waals surface area contributed by atoms with Gasteiger partial charge in [-0.25, -0.2) is 5.43 Å². The number of nitrogens with one attached hydrogen (secondary N) is 3. The summed E-state index contributed by atoms with van der Waals surface area (Å²) in [6.45, 7) is 1.65. The first-order chi connectivity index (χ1) is 14.9. The molecule has 0 bridgehead atoms. The van der Waals surface area contributed by atoms with Crippen molar-refractivity contribution in [2.24, 2.45) is 5.10 Å². The van der Waals surface area contributed by atoms with E-state index in [1.54, 1.807) is 25.1 Å². The van der Waals surface area contributed by atoms with E-state index in [1.807, 2.05) is 42.5 Å². The van der Waals surface area contributed by atoms with Crippen LogP contribution in [0.4, 0.5) is 17.1 Å². The Balaban J connectivity index is 1.50. The lowest BCUT2D eigenvalue weighted by molar-refractivity contribution is -0.115. The Kier molecular flexibility index (Phi) is 7.65. The summed E-state index contributed by atoms with van der Waals surface area (Å²) in [5, 5.41) is 10.7. The van der Waals surface area contributed by atoms with Crippen molar-refractivity contribution in [3.05, 3.63) is 88.4 Å². The van der Waals surface area contributed by atoms with E-state index in [2.05, 4.69) is 21.2 Å². The third-order valence-electron chi connectivity index (χ3n) is 4.17. The maximum absolute atomic E-state index is 12.2. The van der Waals surface area contributed by atoms with Crippen molar-refractivity contribution in [2.45, 2.75) is 13.3 Å². The van der Waals surface area contributed by atoms with Gasteiger partial charge < -0.3 is 10.6 Å². The van der Waals surface area contributed by atoms with E-state index in [4.69, 9.17) is 23.2 Å². The zero-order chi connectivity index (χ0) is 22.2. The number of amides is 2. The zero-order valence-electron chi connectivity index (χ0n) is 16.7. The number of hydrazone groups is 1. The SMILES string of the molecule is C/C(CC(=O)Nc1ccc(Nc2ccccc2)cc1)=N\NC(=O)c1ccc(Cl)cc1Cl. The van der Waals surface area contributed by atoms with Gasteiger partial charge in [0.25, 0.3) is 5.91 Å². The van der Waals surface area contributed by atoms with E-state index in [0.29, 0.717) is 16.4 Å². The van der Waals surface area contributed by atoms with Crippen LogP contribution in [0, 0.1) is 0 Å². The van der Waals surface area contributed by atoms with Crippen LogP contribution >= 0.6 is 23.2 Å². The third-order valence-corrected chi connectivity index (χ3v) is 4.72. The highest BCUT2D eigenvalue weighted by Crippen LogP contribution is 2.21. The van der Waals surface area contributed by atoms with Crippen molar-refractivity contribution in [1.29, 1.82) is 0 Å². The number of benzene rings is 3. The van der Waals surface area contributed by atoms with Crippen LogP contribution in [0.5, 0.6) is 0 Å². The van der Waals surface area contributed by atoms with Gasteiger partial charge in [-0.1, -0.05) is 41.4 Å². The van der Waals surface area contributed by atoms with Crippen LogP contribution in [0.15, 0.2) is 77.9 Å².